The summed E-state index contributed by atoms with van der Waals surface area (Å²) in [7, 11) is 0. The maximum absolute atomic E-state index is 12.2. The molecule has 0 saturated heterocycles. The van der Waals surface area contributed by atoms with Gasteiger partial charge in [0.05, 0.1) is 11.9 Å². The summed E-state index contributed by atoms with van der Waals surface area (Å²) in [5.41, 5.74) is 0.304. The number of rotatable bonds is 0. The molecule has 0 unspecified atom stereocenters. The number of aliphatic hydroxyl groups is 2. The Balaban J connectivity index is 1.67. The maximum atomic E-state index is 12.2. The summed E-state index contributed by atoms with van der Waals surface area (Å²) in [6, 6.07) is 0. The largest absolute Gasteiger partial charge is 0.515 e. The van der Waals surface area contributed by atoms with E-state index in [0.717, 1.165) is 44.8 Å². The molecule has 4 fully saturated rings. The van der Waals surface area contributed by atoms with Crippen molar-refractivity contribution in [3.63, 3.8) is 0 Å². The molecule has 4 rings (SSSR count). The van der Waals surface area contributed by atoms with Crippen LogP contribution in [0.1, 0.15) is 72.1 Å². The van der Waals surface area contributed by atoms with Crippen LogP contribution in [0.4, 0.5) is 0 Å². The minimum Gasteiger partial charge on any atom is -0.515 e. The molecule has 134 valence electrons. The molecule has 0 amide bonds. The molecular weight excluding hydrogens is 300 g/mol. The van der Waals surface area contributed by atoms with Crippen LogP contribution >= 0.6 is 0 Å². The average molecular weight is 332 g/mol. The summed E-state index contributed by atoms with van der Waals surface area (Å²) in [4.78, 5) is 12.2. The van der Waals surface area contributed by atoms with Crippen molar-refractivity contribution < 1.29 is 15.0 Å². The Morgan fingerprint density at radius 3 is 2.46 bits per heavy atom. The number of allylic oxidation sites excluding steroid dienone is 1. The third kappa shape index (κ3) is 1.97. The number of carbonyl (C=O) groups excluding carboxylic acids is 1. The van der Waals surface area contributed by atoms with Gasteiger partial charge >= 0.3 is 0 Å². The number of hydrogen-bond donors (Lipinski definition) is 2. The zero-order valence-electron chi connectivity index (χ0n) is 15.3. The fraction of sp³-hybridized carbons (Fsp3) is 0.857. The van der Waals surface area contributed by atoms with Crippen LogP contribution in [0.2, 0.25) is 0 Å². The lowest BCUT2D eigenvalue weighted by atomic mass is 9.44. The van der Waals surface area contributed by atoms with E-state index in [4.69, 9.17) is 0 Å². The van der Waals surface area contributed by atoms with Gasteiger partial charge in [-0.1, -0.05) is 13.8 Å². The Morgan fingerprint density at radius 1 is 1.04 bits per heavy atom. The summed E-state index contributed by atoms with van der Waals surface area (Å²) < 4.78 is 0. The van der Waals surface area contributed by atoms with Crippen LogP contribution in [-0.2, 0) is 4.79 Å². The number of fused-ring (bicyclic) bond motifs is 5. The van der Waals surface area contributed by atoms with E-state index < -0.39 is 5.60 Å². The SMILES string of the molecule is C[C@]12C/C(=C\O)C(=O)C[C@H]1CC[C@H]1[C@H]2CC[C@@]2(C)[C@@H]1CC[C@]2(C)O. The van der Waals surface area contributed by atoms with E-state index in [0.29, 0.717) is 35.7 Å². The number of hydrogen-bond acceptors (Lipinski definition) is 3. The van der Waals surface area contributed by atoms with E-state index in [1.807, 2.05) is 6.92 Å². The molecule has 0 bridgehead atoms. The topological polar surface area (TPSA) is 57.5 Å². The Bertz CT molecular complexity index is 592. The molecule has 0 heterocycles. The highest BCUT2D eigenvalue weighted by atomic mass is 16.3. The molecule has 24 heavy (non-hydrogen) atoms. The maximum Gasteiger partial charge on any atom is 0.162 e. The van der Waals surface area contributed by atoms with Gasteiger partial charge in [-0.05, 0) is 86.4 Å². The van der Waals surface area contributed by atoms with Gasteiger partial charge in [-0.2, -0.15) is 0 Å². The Kier molecular flexibility index (Phi) is 3.53. The van der Waals surface area contributed by atoms with Gasteiger partial charge in [0.25, 0.3) is 0 Å². The van der Waals surface area contributed by atoms with Crippen molar-refractivity contribution in [1.82, 2.24) is 0 Å². The molecular formula is C21H32O3. The van der Waals surface area contributed by atoms with Crippen LogP contribution in [0.15, 0.2) is 11.8 Å². The quantitative estimate of drug-likeness (QED) is 0.510. The minimum atomic E-state index is -0.529. The van der Waals surface area contributed by atoms with E-state index in [9.17, 15) is 15.0 Å². The van der Waals surface area contributed by atoms with Crippen LogP contribution < -0.4 is 0 Å². The van der Waals surface area contributed by atoms with Gasteiger partial charge in [0.1, 0.15) is 0 Å². The fourth-order valence-corrected chi connectivity index (χ4v) is 7.37. The third-order valence-corrected chi connectivity index (χ3v) is 9.14. The average Bonchev–Trinajstić information content (AvgIpc) is 2.77. The van der Waals surface area contributed by atoms with Crippen LogP contribution in [-0.4, -0.2) is 21.6 Å². The first kappa shape index (κ1) is 16.6. The van der Waals surface area contributed by atoms with Gasteiger partial charge in [-0.3, -0.25) is 4.79 Å². The molecule has 2 N–H and O–H groups in total. The van der Waals surface area contributed by atoms with Gasteiger partial charge in [0, 0.05) is 12.0 Å². The molecule has 0 radical (unpaired) electrons. The second kappa shape index (κ2) is 5.09. The molecule has 3 nitrogen and oxygen atoms in total. The number of Topliss-reactive ketones (excluding diaryl/α,β-unsaturated/α-hetero) is 1. The molecule has 0 spiro atoms. The van der Waals surface area contributed by atoms with Crippen molar-refractivity contribution in [2.75, 3.05) is 0 Å². The van der Waals surface area contributed by atoms with Crippen molar-refractivity contribution in [3.05, 3.63) is 11.8 Å². The van der Waals surface area contributed by atoms with E-state index >= 15 is 0 Å². The molecule has 7 atom stereocenters. The molecule has 0 aromatic carbocycles. The summed E-state index contributed by atoms with van der Waals surface area (Å²) in [6.07, 6.45) is 9.11. The first-order valence-electron chi connectivity index (χ1n) is 9.82. The smallest absolute Gasteiger partial charge is 0.162 e. The first-order chi connectivity index (χ1) is 11.2. The highest BCUT2D eigenvalue weighted by Gasteiger charge is 2.63. The van der Waals surface area contributed by atoms with Crippen molar-refractivity contribution >= 4 is 5.78 Å². The number of aliphatic hydroxyl groups excluding tert-OH is 1. The van der Waals surface area contributed by atoms with Crippen molar-refractivity contribution in [2.24, 2.45) is 34.5 Å². The molecule has 0 aliphatic heterocycles. The van der Waals surface area contributed by atoms with Crippen molar-refractivity contribution in [1.29, 1.82) is 0 Å². The van der Waals surface area contributed by atoms with E-state index in [-0.39, 0.29) is 16.6 Å². The Hall–Kier alpha value is -0.830. The van der Waals surface area contributed by atoms with Crippen LogP contribution in [0.5, 0.6) is 0 Å². The zero-order valence-corrected chi connectivity index (χ0v) is 15.3. The van der Waals surface area contributed by atoms with Crippen LogP contribution in [0.25, 0.3) is 0 Å². The van der Waals surface area contributed by atoms with Gasteiger partial charge < -0.3 is 10.2 Å². The third-order valence-electron chi connectivity index (χ3n) is 9.14. The summed E-state index contributed by atoms with van der Waals surface area (Å²) in [5.74, 6) is 2.55. The number of carbonyl (C=O) groups is 1. The standard InChI is InChI=1S/C21H32O3/c1-19-11-13(12-22)18(23)10-14(19)4-5-15-16(19)6-8-20(2)17(15)7-9-21(20,3)24/h12,14-17,22,24H,4-11H2,1-3H3/b13-12+/t14-,15+,16-,17-,19+,20+,21+/m1/s1. The molecule has 3 heteroatoms. The highest BCUT2D eigenvalue weighted by Crippen LogP contribution is 2.68. The van der Waals surface area contributed by atoms with Gasteiger partial charge in [0.2, 0.25) is 0 Å². The molecule has 0 aromatic rings. The van der Waals surface area contributed by atoms with E-state index in [1.54, 1.807) is 0 Å². The summed E-state index contributed by atoms with van der Waals surface area (Å²) in [5, 5.41) is 20.5. The zero-order chi connectivity index (χ0) is 17.3. The van der Waals surface area contributed by atoms with E-state index in [2.05, 4.69) is 13.8 Å². The lowest BCUT2D eigenvalue weighted by Gasteiger charge is -2.61. The Labute approximate surface area is 145 Å². The first-order valence-corrected chi connectivity index (χ1v) is 9.82. The molecule has 4 aliphatic rings. The lowest BCUT2D eigenvalue weighted by Crippen LogP contribution is -2.56. The monoisotopic (exact) mass is 332 g/mol. The van der Waals surface area contributed by atoms with Crippen molar-refractivity contribution in [3.8, 4) is 0 Å². The molecule has 4 saturated carbocycles. The summed E-state index contributed by atoms with van der Waals surface area (Å²) in [6.45, 7) is 6.74. The van der Waals surface area contributed by atoms with Crippen molar-refractivity contribution in [2.45, 2.75) is 77.7 Å². The second-order valence-corrected chi connectivity index (χ2v) is 9.88. The fourth-order valence-electron chi connectivity index (χ4n) is 7.37. The van der Waals surface area contributed by atoms with Crippen LogP contribution in [0.3, 0.4) is 0 Å². The second-order valence-electron chi connectivity index (χ2n) is 9.88. The highest BCUT2D eigenvalue weighted by molar-refractivity contribution is 5.96. The molecule has 4 aliphatic carbocycles. The van der Waals surface area contributed by atoms with Crippen LogP contribution in [0, 0.1) is 34.5 Å². The van der Waals surface area contributed by atoms with Gasteiger partial charge in [0.15, 0.2) is 5.78 Å². The number of ketones is 1. The summed E-state index contributed by atoms with van der Waals surface area (Å²) >= 11 is 0. The van der Waals surface area contributed by atoms with Gasteiger partial charge in [-0.25, -0.2) is 0 Å². The predicted molar refractivity (Wildman–Crippen MR) is 93.5 cm³/mol. The predicted octanol–water partition coefficient (Wildman–Crippen LogP) is 4.40. The van der Waals surface area contributed by atoms with E-state index in [1.165, 1.54) is 6.42 Å². The van der Waals surface area contributed by atoms with Gasteiger partial charge in [-0.15, -0.1) is 0 Å². The lowest BCUT2D eigenvalue weighted by molar-refractivity contribution is -0.147. The molecule has 0 aromatic heterocycles. The normalized spacial score (nSPS) is 55.8. The Morgan fingerprint density at radius 2 is 1.75 bits per heavy atom. The minimum absolute atomic E-state index is 0.0531.